The molecular formula is C20H35N5O8S. The third-order valence-electron chi connectivity index (χ3n) is 5.06. The molecule has 0 aliphatic rings. The SMILES string of the molecule is CCC(C)C(NC(=O)C(N)CCC(=O)O)C(=O)NC(CCSC)C(=O)NC(CC(N)=O)C(=O)O. The molecule has 0 bridgehead atoms. The number of nitrogens with two attached hydrogens (primary N) is 2. The number of hydrogen-bond acceptors (Lipinski definition) is 8. The number of amides is 4. The Hall–Kier alpha value is -2.87. The van der Waals surface area contributed by atoms with Gasteiger partial charge in [0.1, 0.15) is 18.1 Å². The highest BCUT2D eigenvalue weighted by atomic mass is 32.2. The van der Waals surface area contributed by atoms with Crippen LogP contribution >= 0.6 is 11.8 Å². The maximum absolute atomic E-state index is 13.0. The third kappa shape index (κ3) is 11.8. The molecule has 0 aliphatic heterocycles. The lowest BCUT2D eigenvalue weighted by atomic mass is 9.97. The van der Waals surface area contributed by atoms with Gasteiger partial charge in [-0.05, 0) is 30.8 Å². The maximum Gasteiger partial charge on any atom is 0.326 e. The number of carboxylic acids is 2. The van der Waals surface area contributed by atoms with Gasteiger partial charge in [0, 0.05) is 6.42 Å². The van der Waals surface area contributed by atoms with Gasteiger partial charge in [-0.3, -0.25) is 24.0 Å². The summed E-state index contributed by atoms with van der Waals surface area (Å²) in [6.45, 7) is 3.50. The van der Waals surface area contributed by atoms with E-state index in [-0.39, 0.29) is 25.2 Å². The summed E-state index contributed by atoms with van der Waals surface area (Å²) in [6, 6.07) is -4.91. The Morgan fingerprint density at radius 3 is 1.97 bits per heavy atom. The van der Waals surface area contributed by atoms with Crippen LogP contribution in [0.3, 0.4) is 0 Å². The zero-order valence-corrected chi connectivity index (χ0v) is 20.4. The Morgan fingerprint density at radius 1 is 0.912 bits per heavy atom. The van der Waals surface area contributed by atoms with Crippen LogP contribution in [-0.4, -0.2) is 82.0 Å². The molecule has 0 rings (SSSR count). The summed E-state index contributed by atoms with van der Waals surface area (Å²) in [4.78, 5) is 71.3. The molecule has 0 heterocycles. The van der Waals surface area contributed by atoms with Crippen molar-refractivity contribution >= 4 is 47.3 Å². The predicted molar refractivity (Wildman–Crippen MR) is 125 cm³/mol. The standard InChI is InChI=1S/C20H35N5O8S/c1-4-10(2)16(25-17(29)11(21)5-6-15(27)28)19(31)23-12(7-8-34-3)18(30)24-13(20(32)33)9-14(22)26/h10-13,16H,4-9,21H2,1-3H3,(H2,22,26)(H,23,31)(H,24,30)(H,25,29)(H,27,28)(H,32,33). The van der Waals surface area contributed by atoms with E-state index in [1.807, 2.05) is 0 Å². The van der Waals surface area contributed by atoms with Crippen molar-refractivity contribution in [1.82, 2.24) is 16.0 Å². The maximum atomic E-state index is 13.0. The minimum Gasteiger partial charge on any atom is -0.481 e. The Bertz CT molecular complexity index is 750. The highest BCUT2D eigenvalue weighted by Crippen LogP contribution is 2.11. The van der Waals surface area contributed by atoms with Crippen molar-refractivity contribution in [2.24, 2.45) is 17.4 Å². The summed E-state index contributed by atoms with van der Waals surface area (Å²) in [7, 11) is 0. The number of primary amides is 1. The van der Waals surface area contributed by atoms with Gasteiger partial charge in [0.25, 0.3) is 0 Å². The number of carboxylic acid groups (broad SMARTS) is 2. The number of aliphatic carboxylic acids is 2. The molecule has 5 atom stereocenters. The zero-order chi connectivity index (χ0) is 26.4. The summed E-state index contributed by atoms with van der Waals surface area (Å²) >= 11 is 1.40. The first-order valence-electron chi connectivity index (χ1n) is 10.7. The summed E-state index contributed by atoms with van der Waals surface area (Å²) in [6.07, 6.45) is 1.37. The van der Waals surface area contributed by atoms with Gasteiger partial charge < -0.3 is 37.6 Å². The number of rotatable bonds is 17. The summed E-state index contributed by atoms with van der Waals surface area (Å²) in [5.41, 5.74) is 10.8. The fourth-order valence-corrected chi connectivity index (χ4v) is 3.28. The van der Waals surface area contributed by atoms with Crippen LogP contribution in [0.5, 0.6) is 0 Å². The van der Waals surface area contributed by atoms with Crippen LogP contribution in [0.25, 0.3) is 0 Å². The molecule has 4 amide bonds. The van der Waals surface area contributed by atoms with E-state index in [4.69, 9.17) is 16.6 Å². The molecule has 14 heteroatoms. The lowest BCUT2D eigenvalue weighted by Gasteiger charge is -2.28. The van der Waals surface area contributed by atoms with Crippen LogP contribution in [0, 0.1) is 5.92 Å². The predicted octanol–water partition coefficient (Wildman–Crippen LogP) is -1.61. The molecule has 0 saturated heterocycles. The molecule has 34 heavy (non-hydrogen) atoms. The summed E-state index contributed by atoms with van der Waals surface area (Å²) in [5, 5.41) is 25.2. The second-order valence-electron chi connectivity index (χ2n) is 7.82. The van der Waals surface area contributed by atoms with Gasteiger partial charge >= 0.3 is 11.9 Å². The van der Waals surface area contributed by atoms with E-state index in [1.54, 1.807) is 20.1 Å². The van der Waals surface area contributed by atoms with Gasteiger partial charge in [0.05, 0.1) is 12.5 Å². The van der Waals surface area contributed by atoms with Crippen LogP contribution in [-0.2, 0) is 28.8 Å². The number of carbonyl (C=O) groups is 6. The quantitative estimate of drug-likeness (QED) is 0.119. The monoisotopic (exact) mass is 505 g/mol. The lowest BCUT2D eigenvalue weighted by molar-refractivity contribution is -0.144. The smallest absolute Gasteiger partial charge is 0.326 e. The third-order valence-corrected chi connectivity index (χ3v) is 5.71. The Balaban J connectivity index is 5.50. The van der Waals surface area contributed by atoms with Crippen molar-refractivity contribution in [2.45, 2.75) is 70.1 Å². The van der Waals surface area contributed by atoms with Crippen LogP contribution in [0.4, 0.5) is 0 Å². The average molecular weight is 506 g/mol. The van der Waals surface area contributed by atoms with E-state index in [2.05, 4.69) is 16.0 Å². The number of carbonyl (C=O) groups excluding carboxylic acids is 4. The molecule has 194 valence electrons. The van der Waals surface area contributed by atoms with Crippen molar-refractivity contribution in [3.8, 4) is 0 Å². The number of hydrogen-bond donors (Lipinski definition) is 7. The van der Waals surface area contributed by atoms with Crippen molar-refractivity contribution in [3.63, 3.8) is 0 Å². The first kappa shape index (κ1) is 31.1. The zero-order valence-electron chi connectivity index (χ0n) is 19.5. The van der Waals surface area contributed by atoms with Gasteiger partial charge in [-0.25, -0.2) is 4.79 Å². The van der Waals surface area contributed by atoms with Crippen LogP contribution in [0.15, 0.2) is 0 Å². The molecular weight excluding hydrogens is 470 g/mol. The molecule has 0 spiro atoms. The normalized spacial score (nSPS) is 15.2. The Morgan fingerprint density at radius 2 is 1.50 bits per heavy atom. The topological polar surface area (TPSA) is 231 Å². The van der Waals surface area contributed by atoms with Crippen molar-refractivity contribution in [1.29, 1.82) is 0 Å². The fraction of sp³-hybridized carbons (Fsp3) is 0.700. The molecule has 0 fully saturated rings. The van der Waals surface area contributed by atoms with Crippen molar-refractivity contribution < 1.29 is 39.0 Å². The van der Waals surface area contributed by atoms with Crippen LogP contribution in [0.1, 0.15) is 46.0 Å². The second kappa shape index (κ2) is 15.9. The van der Waals surface area contributed by atoms with Crippen LogP contribution < -0.4 is 27.4 Å². The van der Waals surface area contributed by atoms with Gasteiger partial charge in [-0.1, -0.05) is 20.3 Å². The number of thioether (sulfide) groups is 1. The molecule has 13 nitrogen and oxygen atoms in total. The first-order valence-corrected chi connectivity index (χ1v) is 12.1. The van der Waals surface area contributed by atoms with E-state index in [1.165, 1.54) is 11.8 Å². The average Bonchev–Trinajstić information content (AvgIpc) is 2.76. The van der Waals surface area contributed by atoms with Crippen molar-refractivity contribution in [2.75, 3.05) is 12.0 Å². The fourth-order valence-electron chi connectivity index (χ4n) is 2.81. The molecule has 0 aliphatic carbocycles. The van der Waals surface area contributed by atoms with Crippen LogP contribution in [0.2, 0.25) is 0 Å². The highest BCUT2D eigenvalue weighted by molar-refractivity contribution is 7.98. The van der Waals surface area contributed by atoms with E-state index in [0.717, 1.165) is 0 Å². The van der Waals surface area contributed by atoms with E-state index < -0.39 is 66.2 Å². The Labute approximate surface area is 202 Å². The minimum atomic E-state index is -1.56. The molecule has 9 N–H and O–H groups in total. The molecule has 0 aromatic rings. The largest absolute Gasteiger partial charge is 0.481 e. The molecule has 0 saturated carbocycles. The first-order chi connectivity index (χ1) is 15.8. The molecule has 5 unspecified atom stereocenters. The van der Waals surface area contributed by atoms with Gasteiger partial charge in [0.15, 0.2) is 0 Å². The summed E-state index contributed by atoms with van der Waals surface area (Å²) in [5.74, 6) is -5.61. The minimum absolute atomic E-state index is 0.120. The molecule has 0 aromatic carbocycles. The molecule has 0 aromatic heterocycles. The molecule has 0 radical (unpaired) electrons. The van der Waals surface area contributed by atoms with Gasteiger partial charge in [-0.15, -0.1) is 0 Å². The number of nitrogens with one attached hydrogen (secondary N) is 3. The van der Waals surface area contributed by atoms with E-state index in [0.29, 0.717) is 12.2 Å². The lowest BCUT2D eigenvalue weighted by Crippen LogP contribution is -2.58. The summed E-state index contributed by atoms with van der Waals surface area (Å²) < 4.78 is 0. The van der Waals surface area contributed by atoms with Gasteiger partial charge in [0.2, 0.25) is 23.6 Å². The second-order valence-corrected chi connectivity index (χ2v) is 8.81. The van der Waals surface area contributed by atoms with E-state index >= 15 is 0 Å². The van der Waals surface area contributed by atoms with E-state index in [9.17, 15) is 33.9 Å². The van der Waals surface area contributed by atoms with Crippen molar-refractivity contribution in [3.05, 3.63) is 0 Å². The highest BCUT2D eigenvalue weighted by Gasteiger charge is 2.32. The van der Waals surface area contributed by atoms with Gasteiger partial charge in [-0.2, -0.15) is 11.8 Å². The Kier molecular flexibility index (Phi) is 14.5.